The Balaban J connectivity index is 2.02. The molecule has 0 aliphatic rings. The lowest BCUT2D eigenvalue weighted by Crippen LogP contribution is -2.27. The molecule has 0 aliphatic carbocycles. The third-order valence-electron chi connectivity index (χ3n) is 4.42. The summed E-state index contributed by atoms with van der Waals surface area (Å²) >= 11 is 0. The summed E-state index contributed by atoms with van der Waals surface area (Å²) < 4.78 is 38.9. The van der Waals surface area contributed by atoms with Gasteiger partial charge in [0.15, 0.2) is 5.69 Å². The van der Waals surface area contributed by atoms with E-state index in [2.05, 4.69) is 10.4 Å². The molecule has 3 N–H and O–H groups in total. The maximum absolute atomic E-state index is 14.2. The summed E-state index contributed by atoms with van der Waals surface area (Å²) in [7, 11) is -4.00. The van der Waals surface area contributed by atoms with Crippen LogP contribution in [-0.2, 0) is 16.4 Å². The summed E-state index contributed by atoms with van der Waals surface area (Å²) in [4.78, 5) is 24.9. The van der Waals surface area contributed by atoms with Gasteiger partial charge in [0.05, 0.1) is 4.90 Å². The number of nitrogens with zero attached hydrogens (tertiary/aromatic N) is 2. The molecule has 0 unspecified atom stereocenters. The first-order chi connectivity index (χ1) is 14.1. The van der Waals surface area contributed by atoms with E-state index >= 15 is 0 Å². The van der Waals surface area contributed by atoms with Crippen LogP contribution in [0.25, 0.3) is 5.69 Å². The molecule has 0 bridgehead atoms. The van der Waals surface area contributed by atoms with Gasteiger partial charge in [0.2, 0.25) is 15.5 Å². The second kappa shape index (κ2) is 8.17. The van der Waals surface area contributed by atoms with E-state index in [0.29, 0.717) is 17.7 Å². The first kappa shape index (κ1) is 21.3. The van der Waals surface area contributed by atoms with Crippen molar-refractivity contribution in [2.24, 2.45) is 5.14 Å². The van der Waals surface area contributed by atoms with E-state index in [4.69, 9.17) is 5.14 Å². The summed E-state index contributed by atoms with van der Waals surface area (Å²) in [6.45, 7) is 3.33. The normalized spacial score (nSPS) is 11.3. The fourth-order valence-corrected chi connectivity index (χ4v) is 3.82. The molecule has 3 aromatic rings. The highest BCUT2D eigenvalue weighted by atomic mass is 32.2. The monoisotopic (exact) mass is 430 g/mol. The summed E-state index contributed by atoms with van der Waals surface area (Å²) in [6.07, 6.45) is 0.423. The lowest BCUT2D eigenvalue weighted by molar-refractivity contribution is 0.101. The molecule has 0 spiro atoms. The maximum Gasteiger partial charge on any atom is 0.280 e. The smallest absolute Gasteiger partial charge is 0.280 e. The van der Waals surface area contributed by atoms with Crippen LogP contribution in [0.4, 0.5) is 10.1 Å². The Morgan fingerprint density at radius 2 is 1.90 bits per heavy atom. The average molecular weight is 430 g/mol. The van der Waals surface area contributed by atoms with E-state index in [1.54, 1.807) is 19.9 Å². The van der Waals surface area contributed by atoms with Crippen molar-refractivity contribution in [3.8, 4) is 5.69 Å². The number of primary sulfonamides is 1. The molecule has 0 atom stereocenters. The number of para-hydroxylation sites is 1. The quantitative estimate of drug-likeness (QED) is 0.642. The number of sulfonamides is 1. The van der Waals surface area contributed by atoms with E-state index in [-0.39, 0.29) is 16.3 Å². The Labute approximate surface area is 172 Å². The van der Waals surface area contributed by atoms with Crippen molar-refractivity contribution >= 4 is 21.6 Å². The number of carbonyl (C=O) groups excluding carboxylic acids is 1. The fourth-order valence-electron chi connectivity index (χ4n) is 2.95. The molecule has 1 amide bonds. The topological polar surface area (TPSA) is 124 Å². The van der Waals surface area contributed by atoms with Gasteiger partial charge in [0, 0.05) is 17.4 Å². The third-order valence-corrected chi connectivity index (χ3v) is 5.41. The van der Waals surface area contributed by atoms with Gasteiger partial charge >= 0.3 is 0 Å². The van der Waals surface area contributed by atoms with Crippen LogP contribution in [0.1, 0.15) is 28.7 Å². The van der Waals surface area contributed by atoms with Crippen molar-refractivity contribution in [2.45, 2.75) is 25.2 Å². The van der Waals surface area contributed by atoms with Crippen LogP contribution in [0.5, 0.6) is 0 Å². The van der Waals surface area contributed by atoms with Gasteiger partial charge in [-0.15, -0.1) is 0 Å². The van der Waals surface area contributed by atoms with Crippen LogP contribution in [-0.4, -0.2) is 24.1 Å². The number of anilines is 1. The van der Waals surface area contributed by atoms with Gasteiger partial charge in [-0.3, -0.25) is 9.59 Å². The predicted octanol–water partition coefficient (Wildman–Crippen LogP) is 2.14. The maximum atomic E-state index is 14.2. The second-order valence-corrected chi connectivity index (χ2v) is 8.07. The molecule has 0 fully saturated rings. The number of benzene rings is 2. The predicted molar refractivity (Wildman–Crippen MR) is 110 cm³/mol. The molecule has 1 heterocycles. The first-order valence-electron chi connectivity index (χ1n) is 8.94. The van der Waals surface area contributed by atoms with Crippen molar-refractivity contribution in [2.75, 3.05) is 5.32 Å². The summed E-state index contributed by atoms with van der Waals surface area (Å²) in [6, 6.07) is 11.2. The lowest BCUT2D eigenvalue weighted by atomic mass is 10.1. The van der Waals surface area contributed by atoms with Crippen molar-refractivity contribution < 1.29 is 17.6 Å². The van der Waals surface area contributed by atoms with Crippen molar-refractivity contribution in [1.82, 2.24) is 9.78 Å². The summed E-state index contributed by atoms with van der Waals surface area (Å²) in [5, 5.41) is 11.7. The molecule has 156 valence electrons. The van der Waals surface area contributed by atoms with Gasteiger partial charge in [-0.1, -0.05) is 25.1 Å². The molecule has 0 aliphatic heterocycles. The number of hydrogen-bond acceptors (Lipinski definition) is 5. The number of nitrogens with two attached hydrogens (primary N) is 1. The molecule has 0 saturated carbocycles. The number of carbonyl (C=O) groups is 1. The van der Waals surface area contributed by atoms with Crippen LogP contribution in [0, 0.1) is 12.7 Å². The van der Waals surface area contributed by atoms with Gasteiger partial charge in [-0.2, -0.15) is 5.10 Å². The van der Waals surface area contributed by atoms with Crippen molar-refractivity contribution in [1.29, 1.82) is 0 Å². The minimum absolute atomic E-state index is 0.0767. The SMILES string of the molecule is CCc1ccc(NC(=O)c2nn(-c3ccccc3F)c(C)cc2=O)cc1S(N)(=O)=O. The number of aryl methyl sites for hydroxylation is 2. The Bertz CT molecular complexity index is 1300. The van der Waals surface area contributed by atoms with E-state index in [9.17, 15) is 22.4 Å². The minimum atomic E-state index is -4.00. The Morgan fingerprint density at radius 1 is 1.20 bits per heavy atom. The highest BCUT2D eigenvalue weighted by molar-refractivity contribution is 7.89. The fraction of sp³-hybridized carbons (Fsp3) is 0.150. The number of nitrogens with one attached hydrogen (secondary N) is 1. The number of rotatable bonds is 5. The van der Waals surface area contributed by atoms with E-state index in [0.717, 1.165) is 4.68 Å². The minimum Gasteiger partial charge on any atom is -0.320 e. The molecule has 3 rings (SSSR count). The molecule has 8 nitrogen and oxygen atoms in total. The molecule has 0 saturated heterocycles. The first-order valence-corrected chi connectivity index (χ1v) is 10.5. The van der Waals surface area contributed by atoms with E-state index < -0.39 is 32.9 Å². The second-order valence-electron chi connectivity index (χ2n) is 6.54. The average Bonchev–Trinajstić information content (AvgIpc) is 2.68. The number of aromatic nitrogens is 2. The zero-order valence-electron chi connectivity index (χ0n) is 16.2. The summed E-state index contributed by atoms with van der Waals surface area (Å²) in [5.41, 5.74) is -0.0976. The zero-order chi connectivity index (χ0) is 22.1. The van der Waals surface area contributed by atoms with E-state index in [1.807, 2.05) is 0 Å². The molecular weight excluding hydrogens is 411 g/mol. The van der Waals surface area contributed by atoms with Gasteiger partial charge in [0.1, 0.15) is 11.5 Å². The van der Waals surface area contributed by atoms with Crippen LogP contribution < -0.4 is 15.9 Å². The van der Waals surface area contributed by atoms with Crippen molar-refractivity contribution in [3.05, 3.63) is 81.5 Å². The molecule has 0 radical (unpaired) electrons. The Hall–Kier alpha value is -3.37. The number of halogens is 1. The standard InChI is InChI=1S/C20H19FN4O4S/c1-3-13-8-9-14(11-18(13)30(22,28)29)23-20(27)19-17(26)10-12(2)25(24-19)16-7-5-4-6-15(16)21/h4-11H,3H2,1-2H3,(H,23,27)(H2,22,28,29). The molecular formula is C20H19FN4O4S. The van der Waals surface area contributed by atoms with Crippen LogP contribution in [0.15, 0.2) is 58.2 Å². The highest BCUT2D eigenvalue weighted by Crippen LogP contribution is 2.21. The highest BCUT2D eigenvalue weighted by Gasteiger charge is 2.19. The Kier molecular flexibility index (Phi) is 5.81. The molecule has 2 aromatic carbocycles. The number of amides is 1. The zero-order valence-corrected chi connectivity index (χ0v) is 17.0. The largest absolute Gasteiger partial charge is 0.320 e. The van der Waals surface area contributed by atoms with Crippen LogP contribution >= 0.6 is 0 Å². The molecule has 10 heteroatoms. The van der Waals surface area contributed by atoms with Gasteiger partial charge < -0.3 is 5.32 Å². The van der Waals surface area contributed by atoms with E-state index in [1.165, 1.54) is 42.5 Å². The lowest BCUT2D eigenvalue weighted by Gasteiger charge is -2.13. The van der Waals surface area contributed by atoms with Gasteiger partial charge in [0.25, 0.3) is 5.91 Å². The Morgan fingerprint density at radius 3 is 2.53 bits per heavy atom. The molecule has 1 aromatic heterocycles. The van der Waals surface area contributed by atoms with Crippen LogP contribution in [0.3, 0.4) is 0 Å². The van der Waals surface area contributed by atoms with Crippen LogP contribution in [0.2, 0.25) is 0 Å². The molecule has 30 heavy (non-hydrogen) atoms. The summed E-state index contributed by atoms with van der Waals surface area (Å²) in [5.74, 6) is -1.44. The van der Waals surface area contributed by atoms with Gasteiger partial charge in [-0.05, 0) is 43.2 Å². The third kappa shape index (κ3) is 4.29. The van der Waals surface area contributed by atoms with Crippen molar-refractivity contribution in [3.63, 3.8) is 0 Å². The number of hydrogen-bond donors (Lipinski definition) is 2. The van der Waals surface area contributed by atoms with Gasteiger partial charge in [-0.25, -0.2) is 22.6 Å².